The molecule has 4 unspecified atom stereocenters. The number of carbonyl (C=O) groups is 2. The molecular formula is C16H28N2O3. The SMILES string of the molecule is CC1CC(C(=O)O)CN(C(=O)NCC2CCCCC2C)C1. The van der Waals surface area contributed by atoms with Crippen molar-refractivity contribution in [2.75, 3.05) is 19.6 Å². The van der Waals surface area contributed by atoms with Crippen molar-refractivity contribution in [2.45, 2.75) is 46.0 Å². The second-order valence-electron chi connectivity index (χ2n) is 6.99. The monoisotopic (exact) mass is 296 g/mol. The normalized spacial score (nSPS) is 33.5. The van der Waals surface area contributed by atoms with Crippen molar-refractivity contribution in [2.24, 2.45) is 23.7 Å². The molecule has 21 heavy (non-hydrogen) atoms. The maximum Gasteiger partial charge on any atom is 0.317 e. The summed E-state index contributed by atoms with van der Waals surface area (Å²) in [5.74, 6) is 0.277. The Bertz CT molecular complexity index is 386. The van der Waals surface area contributed by atoms with Gasteiger partial charge in [0.2, 0.25) is 0 Å². The van der Waals surface area contributed by atoms with E-state index in [-0.39, 0.29) is 11.9 Å². The highest BCUT2D eigenvalue weighted by Crippen LogP contribution is 2.29. The Morgan fingerprint density at radius 2 is 1.90 bits per heavy atom. The van der Waals surface area contributed by atoms with Crippen molar-refractivity contribution in [1.29, 1.82) is 0 Å². The zero-order chi connectivity index (χ0) is 15.4. The molecule has 120 valence electrons. The predicted octanol–water partition coefficient (Wildman–Crippen LogP) is 2.56. The average molecular weight is 296 g/mol. The first-order valence-corrected chi connectivity index (χ1v) is 8.23. The van der Waals surface area contributed by atoms with Crippen LogP contribution < -0.4 is 5.32 Å². The predicted molar refractivity (Wildman–Crippen MR) is 81.0 cm³/mol. The van der Waals surface area contributed by atoms with Gasteiger partial charge in [-0.05, 0) is 30.6 Å². The van der Waals surface area contributed by atoms with Gasteiger partial charge >= 0.3 is 12.0 Å². The van der Waals surface area contributed by atoms with Crippen LogP contribution in [0.25, 0.3) is 0 Å². The van der Waals surface area contributed by atoms with Gasteiger partial charge in [0.15, 0.2) is 0 Å². The van der Waals surface area contributed by atoms with Crippen LogP contribution in [-0.4, -0.2) is 41.6 Å². The van der Waals surface area contributed by atoms with Gasteiger partial charge in [0.25, 0.3) is 0 Å². The minimum atomic E-state index is -0.791. The van der Waals surface area contributed by atoms with Crippen LogP contribution in [0.4, 0.5) is 4.79 Å². The number of piperidine rings is 1. The molecule has 5 nitrogen and oxygen atoms in total. The molecule has 4 atom stereocenters. The largest absolute Gasteiger partial charge is 0.481 e. The number of hydrogen-bond acceptors (Lipinski definition) is 2. The number of urea groups is 1. The maximum atomic E-state index is 12.3. The molecule has 0 bridgehead atoms. The number of aliphatic carboxylic acids is 1. The number of amides is 2. The quantitative estimate of drug-likeness (QED) is 0.841. The van der Waals surface area contributed by atoms with Crippen LogP contribution in [0.1, 0.15) is 46.0 Å². The van der Waals surface area contributed by atoms with Crippen LogP contribution >= 0.6 is 0 Å². The number of nitrogens with one attached hydrogen (secondary N) is 1. The first-order chi connectivity index (χ1) is 9.97. The van der Waals surface area contributed by atoms with E-state index in [1.54, 1.807) is 4.90 Å². The van der Waals surface area contributed by atoms with Crippen LogP contribution in [0.15, 0.2) is 0 Å². The van der Waals surface area contributed by atoms with E-state index in [9.17, 15) is 9.59 Å². The Labute approximate surface area is 127 Å². The molecular weight excluding hydrogens is 268 g/mol. The van der Waals surface area contributed by atoms with Crippen LogP contribution in [0.5, 0.6) is 0 Å². The summed E-state index contributed by atoms with van der Waals surface area (Å²) < 4.78 is 0. The lowest BCUT2D eigenvalue weighted by molar-refractivity contribution is -0.143. The summed E-state index contributed by atoms with van der Waals surface area (Å²) in [5.41, 5.74) is 0. The number of likely N-dealkylation sites (tertiary alicyclic amines) is 1. The van der Waals surface area contributed by atoms with E-state index in [2.05, 4.69) is 12.2 Å². The third kappa shape index (κ3) is 4.35. The third-order valence-electron chi connectivity index (χ3n) is 5.10. The molecule has 0 spiro atoms. The Kier molecular flexibility index (Phi) is 5.48. The molecule has 1 saturated heterocycles. The molecule has 2 amide bonds. The number of hydrogen-bond donors (Lipinski definition) is 2. The summed E-state index contributed by atoms with van der Waals surface area (Å²) in [6.45, 7) is 6.00. The number of carboxylic acid groups (broad SMARTS) is 1. The Hall–Kier alpha value is -1.26. The van der Waals surface area contributed by atoms with Crippen molar-refractivity contribution in [3.63, 3.8) is 0 Å². The van der Waals surface area contributed by atoms with Crippen molar-refractivity contribution in [3.8, 4) is 0 Å². The number of carboxylic acids is 1. The van der Waals surface area contributed by atoms with Crippen LogP contribution in [0, 0.1) is 23.7 Å². The highest BCUT2D eigenvalue weighted by Gasteiger charge is 2.32. The molecule has 1 saturated carbocycles. The topological polar surface area (TPSA) is 69.6 Å². The fraction of sp³-hybridized carbons (Fsp3) is 0.875. The van der Waals surface area contributed by atoms with Crippen molar-refractivity contribution in [1.82, 2.24) is 10.2 Å². The van der Waals surface area contributed by atoms with E-state index in [4.69, 9.17) is 5.11 Å². The summed E-state index contributed by atoms with van der Waals surface area (Å²) >= 11 is 0. The van der Waals surface area contributed by atoms with Gasteiger partial charge in [0, 0.05) is 19.6 Å². The van der Waals surface area contributed by atoms with Gasteiger partial charge < -0.3 is 15.3 Å². The zero-order valence-corrected chi connectivity index (χ0v) is 13.2. The molecule has 2 rings (SSSR count). The summed E-state index contributed by atoms with van der Waals surface area (Å²) in [6, 6.07) is -0.0921. The van der Waals surface area contributed by atoms with Gasteiger partial charge in [0.1, 0.15) is 0 Å². The summed E-state index contributed by atoms with van der Waals surface area (Å²) in [7, 11) is 0. The maximum absolute atomic E-state index is 12.3. The third-order valence-corrected chi connectivity index (χ3v) is 5.10. The van der Waals surface area contributed by atoms with Gasteiger partial charge in [-0.15, -0.1) is 0 Å². The van der Waals surface area contributed by atoms with Crippen LogP contribution in [-0.2, 0) is 4.79 Å². The molecule has 0 aromatic heterocycles. The average Bonchev–Trinajstić information content (AvgIpc) is 2.45. The molecule has 0 aromatic carbocycles. The van der Waals surface area contributed by atoms with E-state index in [1.807, 2.05) is 6.92 Å². The van der Waals surface area contributed by atoms with E-state index in [0.29, 0.717) is 31.3 Å². The van der Waals surface area contributed by atoms with Crippen molar-refractivity contribution in [3.05, 3.63) is 0 Å². The van der Waals surface area contributed by atoms with Crippen LogP contribution in [0.3, 0.4) is 0 Å². The van der Waals surface area contributed by atoms with E-state index in [1.165, 1.54) is 25.7 Å². The first-order valence-electron chi connectivity index (χ1n) is 8.23. The molecule has 0 aromatic rings. The van der Waals surface area contributed by atoms with E-state index >= 15 is 0 Å². The lowest BCUT2D eigenvalue weighted by Crippen LogP contribution is -2.50. The summed E-state index contributed by atoms with van der Waals surface area (Å²) in [6.07, 6.45) is 5.67. The molecule has 2 aliphatic rings. The lowest BCUT2D eigenvalue weighted by Gasteiger charge is -2.35. The summed E-state index contributed by atoms with van der Waals surface area (Å²) in [4.78, 5) is 25.1. The highest BCUT2D eigenvalue weighted by atomic mass is 16.4. The van der Waals surface area contributed by atoms with E-state index in [0.717, 1.165) is 6.54 Å². The fourth-order valence-corrected chi connectivity index (χ4v) is 3.72. The standard InChI is InChI=1S/C16H28N2O3/c1-11-7-14(15(19)20)10-18(9-11)16(21)17-8-13-6-4-3-5-12(13)2/h11-14H,3-10H2,1-2H3,(H,17,21)(H,19,20). The first kappa shape index (κ1) is 16.1. The Morgan fingerprint density at radius 1 is 1.19 bits per heavy atom. The number of nitrogens with zero attached hydrogens (tertiary/aromatic N) is 1. The van der Waals surface area contributed by atoms with Gasteiger partial charge in [-0.2, -0.15) is 0 Å². The Morgan fingerprint density at radius 3 is 2.57 bits per heavy atom. The molecule has 1 heterocycles. The van der Waals surface area contributed by atoms with Crippen LogP contribution in [0.2, 0.25) is 0 Å². The second-order valence-corrected chi connectivity index (χ2v) is 6.99. The van der Waals surface area contributed by atoms with Gasteiger partial charge in [-0.3, -0.25) is 4.79 Å². The minimum absolute atomic E-state index is 0.0921. The molecule has 2 fully saturated rings. The molecule has 0 radical (unpaired) electrons. The molecule has 2 N–H and O–H groups in total. The number of carbonyl (C=O) groups excluding carboxylic acids is 1. The van der Waals surface area contributed by atoms with Crippen molar-refractivity contribution < 1.29 is 14.7 Å². The Balaban J connectivity index is 1.83. The number of rotatable bonds is 3. The molecule has 1 aliphatic heterocycles. The van der Waals surface area contributed by atoms with Gasteiger partial charge in [0.05, 0.1) is 5.92 Å². The van der Waals surface area contributed by atoms with E-state index < -0.39 is 11.9 Å². The molecule has 5 heteroatoms. The van der Waals surface area contributed by atoms with Gasteiger partial charge in [-0.25, -0.2) is 4.79 Å². The minimum Gasteiger partial charge on any atom is -0.481 e. The van der Waals surface area contributed by atoms with Crippen molar-refractivity contribution >= 4 is 12.0 Å². The second kappa shape index (κ2) is 7.14. The summed E-state index contributed by atoms with van der Waals surface area (Å²) in [5, 5.41) is 12.2. The van der Waals surface area contributed by atoms with Gasteiger partial charge in [-0.1, -0.05) is 33.1 Å². The lowest BCUT2D eigenvalue weighted by atomic mass is 9.80. The fourth-order valence-electron chi connectivity index (χ4n) is 3.72. The zero-order valence-electron chi connectivity index (χ0n) is 13.2. The highest BCUT2D eigenvalue weighted by molar-refractivity contribution is 5.76. The molecule has 1 aliphatic carbocycles. The smallest absolute Gasteiger partial charge is 0.317 e.